The van der Waals surface area contributed by atoms with E-state index in [-0.39, 0.29) is 0 Å². The summed E-state index contributed by atoms with van der Waals surface area (Å²) in [6.07, 6.45) is 5.46. The first-order valence-corrected chi connectivity index (χ1v) is 8.62. The van der Waals surface area contributed by atoms with E-state index in [0.717, 1.165) is 12.3 Å². The van der Waals surface area contributed by atoms with Crippen molar-refractivity contribution in [2.24, 2.45) is 11.7 Å². The summed E-state index contributed by atoms with van der Waals surface area (Å²) in [5.74, 6) is 1.38. The average Bonchev–Trinajstić information content (AvgIpc) is 2.92. The Morgan fingerprint density at radius 2 is 2.05 bits per heavy atom. The normalized spacial score (nSPS) is 19.2. The summed E-state index contributed by atoms with van der Waals surface area (Å²) < 4.78 is 0. The van der Waals surface area contributed by atoms with E-state index in [1.54, 1.807) is 0 Å². The highest BCUT2D eigenvalue weighted by molar-refractivity contribution is 5.22. The van der Waals surface area contributed by atoms with Gasteiger partial charge in [-0.3, -0.25) is 5.10 Å². The van der Waals surface area contributed by atoms with E-state index in [9.17, 15) is 0 Å². The highest BCUT2D eigenvalue weighted by atomic mass is 15.1. The monoisotopic (exact) mass is 307 g/mol. The van der Waals surface area contributed by atoms with Crippen LogP contribution < -0.4 is 5.73 Å². The van der Waals surface area contributed by atoms with Gasteiger partial charge in [-0.1, -0.05) is 13.8 Å². The van der Waals surface area contributed by atoms with Gasteiger partial charge in [-0.05, 0) is 57.9 Å². The van der Waals surface area contributed by atoms with E-state index < -0.39 is 0 Å². The summed E-state index contributed by atoms with van der Waals surface area (Å²) in [4.78, 5) is 4.81. The van der Waals surface area contributed by atoms with Crippen molar-refractivity contribution in [3.05, 3.63) is 17.5 Å². The molecule has 1 aliphatic heterocycles. The van der Waals surface area contributed by atoms with Crippen molar-refractivity contribution >= 4 is 0 Å². The molecule has 5 heteroatoms. The second-order valence-corrected chi connectivity index (χ2v) is 7.33. The van der Waals surface area contributed by atoms with Crippen LogP contribution in [0.3, 0.4) is 0 Å². The SMILES string of the molecule is CC(C)CN1CCC(c2[nH]ncc2CC(CN)N(C)C)CC1. The Hall–Kier alpha value is -0.910. The lowest BCUT2D eigenvalue weighted by atomic mass is 9.89. The van der Waals surface area contributed by atoms with Crippen LogP contribution >= 0.6 is 0 Å². The van der Waals surface area contributed by atoms with Gasteiger partial charge in [-0.15, -0.1) is 0 Å². The number of H-pyrrole nitrogens is 1. The van der Waals surface area contributed by atoms with Gasteiger partial charge in [0.05, 0.1) is 6.20 Å². The Morgan fingerprint density at radius 1 is 1.36 bits per heavy atom. The van der Waals surface area contributed by atoms with Crippen molar-refractivity contribution in [1.82, 2.24) is 20.0 Å². The van der Waals surface area contributed by atoms with Crippen LogP contribution in [0.4, 0.5) is 0 Å². The lowest BCUT2D eigenvalue weighted by Gasteiger charge is -2.33. The molecule has 0 radical (unpaired) electrons. The fourth-order valence-corrected chi connectivity index (χ4v) is 3.49. The summed E-state index contributed by atoms with van der Waals surface area (Å²) in [5, 5.41) is 7.59. The fraction of sp³-hybridized carbons (Fsp3) is 0.824. The van der Waals surface area contributed by atoms with Crippen molar-refractivity contribution in [3.8, 4) is 0 Å². The number of rotatable bonds is 7. The maximum Gasteiger partial charge on any atom is 0.0522 e. The molecule has 1 aliphatic rings. The predicted octanol–water partition coefficient (Wildman–Crippen LogP) is 1.68. The van der Waals surface area contributed by atoms with E-state index in [1.807, 2.05) is 6.20 Å². The molecule has 1 fully saturated rings. The number of nitrogens with two attached hydrogens (primary N) is 1. The van der Waals surface area contributed by atoms with Gasteiger partial charge in [0.1, 0.15) is 0 Å². The third-order valence-corrected chi connectivity index (χ3v) is 4.83. The molecule has 0 aromatic carbocycles. The van der Waals surface area contributed by atoms with Gasteiger partial charge < -0.3 is 15.5 Å². The molecule has 1 unspecified atom stereocenters. The Balaban J connectivity index is 1.95. The average molecular weight is 307 g/mol. The number of piperidine rings is 1. The third kappa shape index (κ3) is 4.54. The molecular weight excluding hydrogens is 274 g/mol. The molecule has 1 aromatic heterocycles. The van der Waals surface area contributed by atoms with Crippen LogP contribution in [-0.2, 0) is 6.42 Å². The first kappa shape index (κ1) is 17.4. The smallest absolute Gasteiger partial charge is 0.0522 e. The predicted molar refractivity (Wildman–Crippen MR) is 92.1 cm³/mol. The number of aromatic nitrogens is 2. The van der Waals surface area contributed by atoms with Crippen LogP contribution in [0.1, 0.15) is 43.9 Å². The van der Waals surface area contributed by atoms with Crippen molar-refractivity contribution in [2.45, 2.75) is 45.1 Å². The van der Waals surface area contributed by atoms with Gasteiger partial charge in [-0.2, -0.15) is 5.10 Å². The molecule has 1 atom stereocenters. The number of hydrogen-bond donors (Lipinski definition) is 2. The molecule has 1 aromatic rings. The minimum atomic E-state index is 0.386. The molecule has 126 valence electrons. The van der Waals surface area contributed by atoms with Crippen LogP contribution in [0.25, 0.3) is 0 Å². The van der Waals surface area contributed by atoms with Crippen LogP contribution in [0.2, 0.25) is 0 Å². The van der Waals surface area contributed by atoms with Gasteiger partial charge >= 0.3 is 0 Å². The minimum Gasteiger partial charge on any atom is -0.329 e. The topological polar surface area (TPSA) is 61.2 Å². The number of likely N-dealkylation sites (N-methyl/N-ethyl adjacent to an activating group) is 1. The lowest BCUT2D eigenvalue weighted by Crippen LogP contribution is -2.37. The highest BCUT2D eigenvalue weighted by Gasteiger charge is 2.25. The van der Waals surface area contributed by atoms with Gasteiger partial charge in [0, 0.05) is 30.7 Å². The molecule has 0 bridgehead atoms. The summed E-state index contributed by atoms with van der Waals surface area (Å²) in [6.45, 7) is 8.91. The fourth-order valence-electron chi connectivity index (χ4n) is 3.49. The number of nitrogens with one attached hydrogen (secondary N) is 1. The largest absolute Gasteiger partial charge is 0.329 e. The first-order valence-electron chi connectivity index (χ1n) is 8.62. The standard InChI is InChI=1S/C17H33N5/c1-13(2)12-22-7-5-14(6-8-22)17-15(11-19-20-17)9-16(10-18)21(3)4/h11,13-14,16H,5-10,12,18H2,1-4H3,(H,19,20). The molecule has 3 N–H and O–H groups in total. The van der Waals surface area contributed by atoms with Crippen LogP contribution in [0.5, 0.6) is 0 Å². The summed E-state index contributed by atoms with van der Waals surface area (Å²) >= 11 is 0. The molecule has 0 aliphatic carbocycles. The zero-order valence-corrected chi connectivity index (χ0v) is 14.7. The van der Waals surface area contributed by atoms with E-state index in [2.05, 4.69) is 47.9 Å². The van der Waals surface area contributed by atoms with E-state index in [1.165, 1.54) is 43.7 Å². The van der Waals surface area contributed by atoms with Crippen molar-refractivity contribution in [2.75, 3.05) is 40.3 Å². The summed E-state index contributed by atoms with van der Waals surface area (Å²) in [5.41, 5.74) is 8.61. The second kappa shape index (κ2) is 8.09. The lowest BCUT2D eigenvalue weighted by molar-refractivity contribution is 0.190. The maximum atomic E-state index is 5.90. The number of nitrogens with zero attached hydrogens (tertiary/aromatic N) is 3. The van der Waals surface area contributed by atoms with Crippen molar-refractivity contribution in [3.63, 3.8) is 0 Å². The zero-order valence-electron chi connectivity index (χ0n) is 14.7. The molecule has 1 saturated heterocycles. The number of hydrogen-bond acceptors (Lipinski definition) is 4. The van der Waals surface area contributed by atoms with Crippen LogP contribution in [0, 0.1) is 5.92 Å². The number of likely N-dealkylation sites (tertiary alicyclic amines) is 1. The van der Waals surface area contributed by atoms with E-state index in [4.69, 9.17) is 5.73 Å². The van der Waals surface area contributed by atoms with E-state index >= 15 is 0 Å². The summed E-state index contributed by atoms with van der Waals surface area (Å²) in [6, 6.07) is 0.386. The van der Waals surface area contributed by atoms with Gasteiger partial charge in [0.15, 0.2) is 0 Å². The van der Waals surface area contributed by atoms with Crippen molar-refractivity contribution in [1.29, 1.82) is 0 Å². The first-order chi connectivity index (χ1) is 10.5. The van der Waals surface area contributed by atoms with Gasteiger partial charge in [-0.25, -0.2) is 0 Å². The second-order valence-electron chi connectivity index (χ2n) is 7.33. The van der Waals surface area contributed by atoms with Gasteiger partial charge in [0.25, 0.3) is 0 Å². The van der Waals surface area contributed by atoms with E-state index in [0.29, 0.717) is 18.5 Å². The zero-order chi connectivity index (χ0) is 16.1. The quantitative estimate of drug-likeness (QED) is 0.804. The Labute approximate surface area is 135 Å². The molecule has 22 heavy (non-hydrogen) atoms. The Bertz CT molecular complexity index is 432. The molecule has 0 amide bonds. The molecule has 0 saturated carbocycles. The molecule has 2 heterocycles. The molecule has 5 nitrogen and oxygen atoms in total. The third-order valence-electron chi connectivity index (χ3n) is 4.83. The number of aromatic amines is 1. The Morgan fingerprint density at radius 3 is 2.59 bits per heavy atom. The van der Waals surface area contributed by atoms with Crippen LogP contribution in [-0.4, -0.2) is 66.3 Å². The Kier molecular flexibility index (Phi) is 6.41. The van der Waals surface area contributed by atoms with Crippen molar-refractivity contribution < 1.29 is 0 Å². The summed E-state index contributed by atoms with van der Waals surface area (Å²) in [7, 11) is 4.20. The molecule has 2 rings (SSSR count). The highest BCUT2D eigenvalue weighted by Crippen LogP contribution is 2.29. The van der Waals surface area contributed by atoms with Crippen LogP contribution in [0.15, 0.2) is 6.20 Å². The molecule has 0 spiro atoms. The molecular formula is C17H33N5. The van der Waals surface area contributed by atoms with Gasteiger partial charge in [0.2, 0.25) is 0 Å². The minimum absolute atomic E-state index is 0.386. The maximum absolute atomic E-state index is 5.90.